The molecule has 4 rings (SSSR count). The second-order valence-corrected chi connectivity index (χ2v) is 5.36. The van der Waals surface area contributed by atoms with E-state index in [2.05, 4.69) is 9.97 Å². The molecule has 0 atom stereocenters. The lowest BCUT2D eigenvalue weighted by Crippen LogP contribution is -2.04. The number of ether oxygens (including phenoxy) is 1. The van der Waals surface area contributed by atoms with Crippen molar-refractivity contribution in [1.82, 2.24) is 9.97 Å². The first-order valence-electron chi connectivity index (χ1n) is 7.38. The van der Waals surface area contributed by atoms with E-state index in [0.29, 0.717) is 5.56 Å². The highest BCUT2D eigenvalue weighted by atomic mass is 16.5. The highest BCUT2D eigenvalue weighted by Gasteiger charge is 2.13. The number of hydrogen-bond donors (Lipinski definition) is 1. The van der Waals surface area contributed by atoms with Crippen molar-refractivity contribution in [2.75, 3.05) is 0 Å². The molecule has 4 nitrogen and oxygen atoms in total. The Labute approximate surface area is 132 Å². The van der Waals surface area contributed by atoms with Crippen LogP contribution in [0.4, 0.5) is 0 Å². The maximum Gasteiger partial charge on any atom is 0.340 e. The van der Waals surface area contributed by atoms with Crippen LogP contribution in [0.3, 0.4) is 0 Å². The first-order valence-corrected chi connectivity index (χ1v) is 7.38. The zero-order valence-corrected chi connectivity index (χ0v) is 12.3. The zero-order chi connectivity index (χ0) is 15.6. The third-order valence-electron chi connectivity index (χ3n) is 3.83. The summed E-state index contributed by atoms with van der Waals surface area (Å²) in [6, 6.07) is 17.5. The molecule has 2 heterocycles. The highest BCUT2D eigenvalue weighted by molar-refractivity contribution is 6.04. The molecular weight excluding hydrogens is 288 g/mol. The molecule has 0 fully saturated rings. The van der Waals surface area contributed by atoms with Crippen molar-refractivity contribution < 1.29 is 9.53 Å². The van der Waals surface area contributed by atoms with Crippen LogP contribution in [0.25, 0.3) is 21.8 Å². The van der Waals surface area contributed by atoms with Crippen LogP contribution < -0.4 is 0 Å². The van der Waals surface area contributed by atoms with E-state index in [9.17, 15) is 4.79 Å². The number of esters is 1. The molecule has 1 N–H and O–H groups in total. The summed E-state index contributed by atoms with van der Waals surface area (Å²) in [6.07, 6.45) is 3.43. The van der Waals surface area contributed by atoms with Gasteiger partial charge in [0.1, 0.15) is 6.61 Å². The minimum absolute atomic E-state index is 0.205. The summed E-state index contributed by atoms with van der Waals surface area (Å²) in [7, 11) is 0. The van der Waals surface area contributed by atoms with E-state index in [1.807, 2.05) is 54.6 Å². The lowest BCUT2D eigenvalue weighted by atomic mass is 10.1. The molecule has 0 bridgehead atoms. The van der Waals surface area contributed by atoms with Crippen molar-refractivity contribution in [3.05, 3.63) is 78.1 Å². The number of hydrogen-bond acceptors (Lipinski definition) is 3. The number of carbonyl (C=O) groups excluding carboxylic acids is 1. The Balaban J connectivity index is 1.54. The number of H-pyrrole nitrogens is 1. The predicted molar refractivity (Wildman–Crippen MR) is 89.2 cm³/mol. The van der Waals surface area contributed by atoms with Gasteiger partial charge in [0.2, 0.25) is 0 Å². The molecule has 2 aromatic heterocycles. The van der Waals surface area contributed by atoms with E-state index in [0.717, 1.165) is 27.4 Å². The van der Waals surface area contributed by atoms with Gasteiger partial charge in [-0.1, -0.05) is 36.4 Å². The molecule has 0 amide bonds. The van der Waals surface area contributed by atoms with E-state index in [1.165, 1.54) is 0 Å². The summed E-state index contributed by atoms with van der Waals surface area (Å²) in [5.74, 6) is -0.337. The molecule has 0 radical (unpaired) electrons. The minimum atomic E-state index is -0.337. The normalized spacial score (nSPS) is 11.0. The molecule has 0 aliphatic heterocycles. The highest BCUT2D eigenvalue weighted by Crippen LogP contribution is 2.19. The fourth-order valence-corrected chi connectivity index (χ4v) is 2.66. The van der Waals surface area contributed by atoms with Gasteiger partial charge in [-0.15, -0.1) is 0 Å². The smallest absolute Gasteiger partial charge is 0.340 e. The van der Waals surface area contributed by atoms with Gasteiger partial charge in [-0.25, -0.2) is 4.79 Å². The number of para-hydroxylation sites is 2. The van der Waals surface area contributed by atoms with Gasteiger partial charge in [0.15, 0.2) is 0 Å². The molecule has 4 heteroatoms. The van der Waals surface area contributed by atoms with Gasteiger partial charge >= 0.3 is 5.97 Å². The topological polar surface area (TPSA) is 55.0 Å². The van der Waals surface area contributed by atoms with Gasteiger partial charge in [-0.3, -0.25) is 4.98 Å². The summed E-state index contributed by atoms with van der Waals surface area (Å²) in [5, 5.41) is 1.90. The van der Waals surface area contributed by atoms with Gasteiger partial charge < -0.3 is 9.72 Å². The number of carbonyl (C=O) groups is 1. The molecule has 112 valence electrons. The van der Waals surface area contributed by atoms with E-state index >= 15 is 0 Å². The summed E-state index contributed by atoms with van der Waals surface area (Å²) >= 11 is 0. The number of pyridine rings is 1. The number of nitrogens with zero attached hydrogens (tertiary/aromatic N) is 1. The third kappa shape index (κ3) is 2.55. The Hall–Kier alpha value is -3.14. The number of fused-ring (bicyclic) bond motifs is 2. The quantitative estimate of drug-likeness (QED) is 0.580. The number of nitrogens with one attached hydrogen (secondary N) is 1. The van der Waals surface area contributed by atoms with Gasteiger partial charge in [-0.2, -0.15) is 0 Å². The van der Waals surface area contributed by atoms with E-state index < -0.39 is 0 Å². The van der Waals surface area contributed by atoms with Crippen LogP contribution >= 0.6 is 0 Å². The van der Waals surface area contributed by atoms with Crippen LogP contribution in [0.15, 0.2) is 67.0 Å². The maximum absolute atomic E-state index is 12.3. The van der Waals surface area contributed by atoms with Crippen molar-refractivity contribution in [3.8, 4) is 0 Å². The average Bonchev–Trinajstić information content (AvgIpc) is 3.03. The number of aromatic amines is 1. The molecule has 0 aliphatic rings. The Morgan fingerprint density at radius 2 is 1.91 bits per heavy atom. The van der Waals surface area contributed by atoms with E-state index in [1.54, 1.807) is 12.4 Å². The van der Waals surface area contributed by atoms with Gasteiger partial charge in [0.05, 0.1) is 11.1 Å². The van der Waals surface area contributed by atoms with Gasteiger partial charge in [0.25, 0.3) is 0 Å². The largest absolute Gasteiger partial charge is 0.457 e. The van der Waals surface area contributed by atoms with Crippen LogP contribution in [-0.2, 0) is 11.3 Å². The van der Waals surface area contributed by atoms with E-state index in [4.69, 9.17) is 4.74 Å². The molecule has 0 saturated carbocycles. The average molecular weight is 302 g/mol. The Morgan fingerprint density at radius 1 is 1.09 bits per heavy atom. The Morgan fingerprint density at radius 3 is 2.87 bits per heavy atom. The summed E-state index contributed by atoms with van der Waals surface area (Å²) < 4.78 is 5.43. The van der Waals surface area contributed by atoms with Crippen LogP contribution in [-0.4, -0.2) is 15.9 Å². The molecule has 0 saturated heterocycles. The zero-order valence-electron chi connectivity index (χ0n) is 12.3. The standard InChI is InChI=1S/C19H14N2O2/c22-19(16-11-21-18-8-4-2-6-15(16)18)23-12-13-9-14-5-1-3-7-17(14)20-10-13/h1-11,21H,12H2. The fourth-order valence-electron chi connectivity index (χ4n) is 2.66. The fraction of sp³-hybridized carbons (Fsp3) is 0.0526. The van der Waals surface area contributed by atoms with Crippen molar-refractivity contribution in [1.29, 1.82) is 0 Å². The molecule has 4 aromatic rings. The first-order chi connectivity index (χ1) is 11.3. The number of benzene rings is 2. The Bertz CT molecular complexity index is 1000. The summed E-state index contributed by atoms with van der Waals surface area (Å²) in [6.45, 7) is 0.205. The summed E-state index contributed by atoms with van der Waals surface area (Å²) in [4.78, 5) is 19.7. The predicted octanol–water partition coefficient (Wildman–Crippen LogP) is 4.07. The lowest BCUT2D eigenvalue weighted by Gasteiger charge is -2.05. The van der Waals surface area contributed by atoms with Crippen molar-refractivity contribution >= 4 is 27.8 Å². The molecule has 23 heavy (non-hydrogen) atoms. The van der Waals surface area contributed by atoms with Crippen LogP contribution in [0.1, 0.15) is 15.9 Å². The third-order valence-corrected chi connectivity index (χ3v) is 3.83. The van der Waals surface area contributed by atoms with Crippen LogP contribution in [0.5, 0.6) is 0 Å². The number of aromatic nitrogens is 2. The van der Waals surface area contributed by atoms with Gasteiger partial charge in [0, 0.05) is 34.2 Å². The molecule has 0 spiro atoms. The SMILES string of the molecule is O=C(OCc1cnc2ccccc2c1)c1c[nH]c2ccccc12. The van der Waals surface area contributed by atoms with Gasteiger partial charge in [-0.05, 0) is 18.2 Å². The second-order valence-electron chi connectivity index (χ2n) is 5.36. The maximum atomic E-state index is 12.3. The van der Waals surface area contributed by atoms with Crippen LogP contribution in [0, 0.1) is 0 Å². The molecule has 0 aliphatic carbocycles. The van der Waals surface area contributed by atoms with Crippen LogP contribution in [0.2, 0.25) is 0 Å². The van der Waals surface area contributed by atoms with Crippen molar-refractivity contribution in [3.63, 3.8) is 0 Å². The monoisotopic (exact) mass is 302 g/mol. The second kappa shape index (κ2) is 5.57. The molecular formula is C19H14N2O2. The Kier molecular flexibility index (Phi) is 3.27. The minimum Gasteiger partial charge on any atom is -0.457 e. The first kappa shape index (κ1) is 13.5. The summed E-state index contributed by atoms with van der Waals surface area (Å²) in [5.41, 5.74) is 3.28. The van der Waals surface area contributed by atoms with Crippen molar-refractivity contribution in [2.45, 2.75) is 6.61 Å². The molecule has 2 aromatic carbocycles. The lowest BCUT2D eigenvalue weighted by molar-refractivity contribution is 0.0475. The van der Waals surface area contributed by atoms with E-state index in [-0.39, 0.29) is 12.6 Å². The van der Waals surface area contributed by atoms with Crippen molar-refractivity contribution in [2.24, 2.45) is 0 Å². The number of rotatable bonds is 3. The molecule has 0 unspecified atom stereocenters.